The number of unbranched alkanes of at least 4 members (excludes halogenated alkanes) is 3. The smallest absolute Gasteiger partial charge is 0.0403 e. The van der Waals surface area contributed by atoms with Crippen LogP contribution in [0, 0.1) is 23.7 Å². The van der Waals surface area contributed by atoms with Crippen molar-refractivity contribution >= 4 is 0 Å². The molecule has 29 heavy (non-hydrogen) atoms. The number of aromatic nitrogens is 1. The summed E-state index contributed by atoms with van der Waals surface area (Å²) in [7, 11) is 0. The maximum Gasteiger partial charge on any atom is 0.0403 e. The predicted molar refractivity (Wildman–Crippen MR) is 126 cm³/mol. The van der Waals surface area contributed by atoms with Gasteiger partial charge in [-0.2, -0.15) is 0 Å². The monoisotopic (exact) mass is 397 g/mol. The number of pyridine rings is 1. The molecule has 0 bridgehead atoms. The lowest BCUT2D eigenvalue weighted by molar-refractivity contribution is 0.140. The first kappa shape index (κ1) is 22.8. The molecule has 1 aromatic rings. The van der Waals surface area contributed by atoms with Gasteiger partial charge in [0.2, 0.25) is 0 Å². The normalized spacial score (nSPS) is 27.8. The van der Waals surface area contributed by atoms with Gasteiger partial charge in [0, 0.05) is 11.9 Å². The fourth-order valence-corrected chi connectivity index (χ4v) is 6.07. The minimum absolute atomic E-state index is 0.957. The van der Waals surface area contributed by atoms with Crippen LogP contribution in [-0.2, 0) is 12.8 Å². The molecule has 2 saturated carbocycles. The first-order valence-electron chi connectivity index (χ1n) is 13.2. The van der Waals surface area contributed by atoms with E-state index in [1.54, 1.807) is 0 Å². The summed E-state index contributed by atoms with van der Waals surface area (Å²) < 4.78 is 0. The molecule has 1 heteroatoms. The van der Waals surface area contributed by atoms with E-state index in [9.17, 15) is 0 Å². The van der Waals surface area contributed by atoms with Crippen LogP contribution in [0.15, 0.2) is 18.3 Å². The lowest BCUT2D eigenvalue weighted by Gasteiger charge is -2.38. The van der Waals surface area contributed by atoms with Crippen molar-refractivity contribution in [2.75, 3.05) is 0 Å². The summed E-state index contributed by atoms with van der Waals surface area (Å²) in [4.78, 5) is 4.76. The molecule has 0 aromatic carbocycles. The third-order valence-electron chi connectivity index (χ3n) is 8.18. The van der Waals surface area contributed by atoms with Crippen LogP contribution in [-0.4, -0.2) is 4.98 Å². The molecule has 0 atom stereocenters. The Labute approximate surface area is 181 Å². The van der Waals surface area contributed by atoms with Crippen LogP contribution in [0.4, 0.5) is 0 Å². The second kappa shape index (κ2) is 12.8. The van der Waals surface area contributed by atoms with E-state index in [0.29, 0.717) is 0 Å². The standard InChI is InChI=1S/C28H47N/c1-3-5-7-9-25-15-21-28(29-22-25)20-14-24-12-18-27(19-13-24)26-16-10-23(11-17-26)8-6-4-2/h15,21-24,26-27H,3-14,16-20H2,1-2H3. The van der Waals surface area contributed by atoms with E-state index in [1.165, 1.54) is 120 Å². The van der Waals surface area contributed by atoms with Crippen LogP contribution in [0.3, 0.4) is 0 Å². The Morgan fingerprint density at radius 3 is 1.86 bits per heavy atom. The van der Waals surface area contributed by atoms with Crippen LogP contribution < -0.4 is 0 Å². The van der Waals surface area contributed by atoms with E-state index < -0.39 is 0 Å². The van der Waals surface area contributed by atoms with Crippen molar-refractivity contribution in [1.29, 1.82) is 0 Å². The summed E-state index contributed by atoms with van der Waals surface area (Å²) >= 11 is 0. The van der Waals surface area contributed by atoms with Gasteiger partial charge in [-0.25, -0.2) is 0 Å². The Bertz CT molecular complexity index is 532. The Morgan fingerprint density at radius 2 is 1.31 bits per heavy atom. The highest BCUT2D eigenvalue weighted by Gasteiger charge is 2.30. The Hall–Kier alpha value is -0.850. The molecular weight excluding hydrogens is 350 g/mol. The molecule has 0 N–H and O–H groups in total. The zero-order valence-electron chi connectivity index (χ0n) is 19.5. The average Bonchev–Trinajstić information content (AvgIpc) is 2.78. The molecule has 1 aromatic heterocycles. The van der Waals surface area contributed by atoms with Crippen molar-refractivity contribution in [2.24, 2.45) is 23.7 Å². The van der Waals surface area contributed by atoms with Gasteiger partial charge in [-0.05, 0) is 86.7 Å². The van der Waals surface area contributed by atoms with Crippen LogP contribution in [0.2, 0.25) is 0 Å². The molecule has 2 aliphatic rings. The average molecular weight is 398 g/mol. The number of hydrogen-bond acceptors (Lipinski definition) is 1. The highest BCUT2D eigenvalue weighted by Crippen LogP contribution is 2.43. The Kier molecular flexibility index (Phi) is 10.0. The molecule has 3 rings (SSSR count). The van der Waals surface area contributed by atoms with E-state index in [-0.39, 0.29) is 0 Å². The number of aryl methyl sites for hydroxylation is 2. The second-order valence-electron chi connectivity index (χ2n) is 10.4. The molecular formula is C28H47N. The first-order valence-corrected chi connectivity index (χ1v) is 13.2. The lowest BCUT2D eigenvalue weighted by Crippen LogP contribution is -2.26. The second-order valence-corrected chi connectivity index (χ2v) is 10.4. The Morgan fingerprint density at radius 1 is 0.690 bits per heavy atom. The van der Waals surface area contributed by atoms with Crippen LogP contribution in [0.5, 0.6) is 0 Å². The van der Waals surface area contributed by atoms with Crippen LogP contribution in [0.25, 0.3) is 0 Å². The van der Waals surface area contributed by atoms with Gasteiger partial charge in [-0.15, -0.1) is 0 Å². The maximum atomic E-state index is 4.76. The maximum absolute atomic E-state index is 4.76. The van der Waals surface area contributed by atoms with Crippen LogP contribution in [0.1, 0.15) is 121 Å². The highest BCUT2D eigenvalue weighted by atomic mass is 14.7. The molecule has 0 unspecified atom stereocenters. The number of rotatable bonds is 11. The van der Waals surface area contributed by atoms with Crippen molar-refractivity contribution in [3.05, 3.63) is 29.6 Å². The van der Waals surface area contributed by atoms with Gasteiger partial charge in [-0.3, -0.25) is 4.98 Å². The van der Waals surface area contributed by atoms with Crippen molar-refractivity contribution in [3.63, 3.8) is 0 Å². The van der Waals surface area contributed by atoms with Gasteiger partial charge in [0.1, 0.15) is 0 Å². The third kappa shape index (κ3) is 7.72. The molecule has 0 radical (unpaired) electrons. The number of hydrogen-bond donors (Lipinski definition) is 0. The molecule has 0 amide bonds. The summed E-state index contributed by atoms with van der Waals surface area (Å²) in [6, 6.07) is 4.62. The van der Waals surface area contributed by atoms with E-state index >= 15 is 0 Å². The summed E-state index contributed by atoms with van der Waals surface area (Å²) in [5.74, 6) is 4.14. The van der Waals surface area contributed by atoms with E-state index in [2.05, 4.69) is 32.2 Å². The fourth-order valence-electron chi connectivity index (χ4n) is 6.07. The van der Waals surface area contributed by atoms with Gasteiger partial charge in [-0.1, -0.05) is 77.7 Å². The molecule has 2 fully saturated rings. The molecule has 0 saturated heterocycles. The summed E-state index contributed by atoms with van der Waals surface area (Å²) in [6.45, 7) is 4.61. The number of nitrogens with zero attached hydrogens (tertiary/aromatic N) is 1. The van der Waals surface area contributed by atoms with Crippen molar-refractivity contribution in [2.45, 2.75) is 123 Å². The van der Waals surface area contributed by atoms with Crippen molar-refractivity contribution in [1.82, 2.24) is 4.98 Å². The molecule has 1 nitrogen and oxygen atoms in total. The lowest BCUT2D eigenvalue weighted by atomic mass is 9.68. The summed E-state index contributed by atoms with van der Waals surface area (Å²) in [6.07, 6.45) is 26.3. The molecule has 0 spiro atoms. The summed E-state index contributed by atoms with van der Waals surface area (Å²) in [5.41, 5.74) is 2.74. The fraction of sp³-hybridized carbons (Fsp3) is 0.821. The molecule has 2 aliphatic carbocycles. The van der Waals surface area contributed by atoms with E-state index in [1.807, 2.05) is 0 Å². The minimum Gasteiger partial charge on any atom is -0.261 e. The Balaban J connectivity index is 1.31. The zero-order valence-corrected chi connectivity index (χ0v) is 19.5. The molecule has 0 aliphatic heterocycles. The molecule has 1 heterocycles. The van der Waals surface area contributed by atoms with Gasteiger partial charge in [0.15, 0.2) is 0 Å². The quantitative estimate of drug-likeness (QED) is 0.341. The van der Waals surface area contributed by atoms with Crippen LogP contribution >= 0.6 is 0 Å². The van der Waals surface area contributed by atoms with Crippen molar-refractivity contribution < 1.29 is 0 Å². The largest absolute Gasteiger partial charge is 0.261 e. The highest BCUT2D eigenvalue weighted by molar-refractivity contribution is 5.14. The molecule has 164 valence electrons. The van der Waals surface area contributed by atoms with Gasteiger partial charge in [0.05, 0.1) is 0 Å². The minimum atomic E-state index is 0.957. The zero-order chi connectivity index (χ0) is 20.3. The van der Waals surface area contributed by atoms with E-state index in [0.717, 1.165) is 23.7 Å². The predicted octanol–water partition coefficient (Wildman–Crippen LogP) is 8.55. The SMILES string of the molecule is CCCCCc1ccc(CCC2CCC(C3CCC(CCCC)CC3)CC2)nc1. The topological polar surface area (TPSA) is 12.9 Å². The first-order chi connectivity index (χ1) is 14.3. The van der Waals surface area contributed by atoms with Gasteiger partial charge >= 0.3 is 0 Å². The van der Waals surface area contributed by atoms with Crippen molar-refractivity contribution in [3.8, 4) is 0 Å². The van der Waals surface area contributed by atoms with E-state index in [4.69, 9.17) is 4.98 Å². The third-order valence-corrected chi connectivity index (χ3v) is 8.18. The summed E-state index contributed by atoms with van der Waals surface area (Å²) in [5, 5.41) is 0. The van der Waals surface area contributed by atoms with Gasteiger partial charge < -0.3 is 0 Å². The van der Waals surface area contributed by atoms with Gasteiger partial charge in [0.25, 0.3) is 0 Å².